The fourth-order valence-electron chi connectivity index (χ4n) is 2.85. The van der Waals surface area contributed by atoms with Crippen LogP contribution in [0.1, 0.15) is 42.2 Å². The monoisotopic (exact) mass is 309 g/mol. The SMILES string of the molecule is CCCc1cc(C(=O)NCC2CCCN(C)C2)cc(Cl)n1. The summed E-state index contributed by atoms with van der Waals surface area (Å²) in [6, 6.07) is 3.49. The first kappa shape index (κ1) is 16.2. The zero-order valence-corrected chi connectivity index (χ0v) is 13.6. The molecule has 0 spiro atoms. The molecule has 21 heavy (non-hydrogen) atoms. The van der Waals surface area contributed by atoms with E-state index in [-0.39, 0.29) is 5.91 Å². The smallest absolute Gasteiger partial charge is 0.251 e. The minimum atomic E-state index is -0.0510. The van der Waals surface area contributed by atoms with Crippen LogP contribution < -0.4 is 5.32 Å². The summed E-state index contributed by atoms with van der Waals surface area (Å²) in [6.45, 7) is 5.03. The molecule has 0 aliphatic carbocycles. The van der Waals surface area contributed by atoms with Crippen LogP contribution >= 0.6 is 11.6 Å². The van der Waals surface area contributed by atoms with Crippen molar-refractivity contribution in [1.82, 2.24) is 15.2 Å². The molecule has 1 aliphatic heterocycles. The average molecular weight is 310 g/mol. The molecule has 1 unspecified atom stereocenters. The van der Waals surface area contributed by atoms with Crippen molar-refractivity contribution in [2.45, 2.75) is 32.6 Å². The molecular weight excluding hydrogens is 286 g/mol. The maximum absolute atomic E-state index is 12.3. The lowest BCUT2D eigenvalue weighted by Crippen LogP contribution is -2.39. The molecule has 5 heteroatoms. The number of amides is 1. The van der Waals surface area contributed by atoms with E-state index in [9.17, 15) is 4.79 Å². The second-order valence-corrected chi connectivity index (χ2v) is 6.29. The number of nitrogens with zero attached hydrogens (tertiary/aromatic N) is 2. The number of hydrogen-bond donors (Lipinski definition) is 1. The van der Waals surface area contributed by atoms with Gasteiger partial charge in [0.15, 0.2) is 0 Å². The molecule has 1 amide bonds. The summed E-state index contributed by atoms with van der Waals surface area (Å²) in [4.78, 5) is 18.8. The third kappa shape index (κ3) is 4.97. The number of hydrogen-bond acceptors (Lipinski definition) is 3. The van der Waals surface area contributed by atoms with Gasteiger partial charge in [-0.1, -0.05) is 24.9 Å². The topological polar surface area (TPSA) is 45.2 Å². The highest BCUT2D eigenvalue weighted by Gasteiger charge is 2.18. The standard InChI is InChI=1S/C16H24ClN3O/c1-3-5-14-8-13(9-15(17)19-14)16(21)18-10-12-6-4-7-20(2)11-12/h8-9,12H,3-7,10-11H2,1-2H3,(H,18,21). The molecule has 0 saturated carbocycles. The highest BCUT2D eigenvalue weighted by molar-refractivity contribution is 6.29. The third-order valence-electron chi connectivity index (χ3n) is 3.89. The van der Waals surface area contributed by atoms with Gasteiger partial charge >= 0.3 is 0 Å². The van der Waals surface area contributed by atoms with Gasteiger partial charge in [0, 0.05) is 24.3 Å². The van der Waals surface area contributed by atoms with Crippen LogP contribution in [-0.4, -0.2) is 42.5 Å². The van der Waals surface area contributed by atoms with Gasteiger partial charge in [-0.05, 0) is 50.9 Å². The van der Waals surface area contributed by atoms with Gasteiger partial charge in [0.05, 0.1) is 0 Å². The van der Waals surface area contributed by atoms with Crippen molar-refractivity contribution in [3.8, 4) is 0 Å². The summed E-state index contributed by atoms with van der Waals surface area (Å²) in [5.74, 6) is 0.491. The van der Waals surface area contributed by atoms with E-state index in [0.717, 1.165) is 38.2 Å². The van der Waals surface area contributed by atoms with Crippen LogP contribution in [0.25, 0.3) is 0 Å². The van der Waals surface area contributed by atoms with Crippen LogP contribution in [0.3, 0.4) is 0 Å². The van der Waals surface area contributed by atoms with Gasteiger partial charge in [-0.25, -0.2) is 4.98 Å². The Morgan fingerprint density at radius 3 is 3.05 bits per heavy atom. The quantitative estimate of drug-likeness (QED) is 0.851. The molecule has 0 radical (unpaired) electrons. The van der Waals surface area contributed by atoms with Crippen LogP contribution in [0.4, 0.5) is 0 Å². The molecule has 2 heterocycles. The lowest BCUT2D eigenvalue weighted by Gasteiger charge is -2.29. The highest BCUT2D eigenvalue weighted by atomic mass is 35.5. The molecule has 1 aliphatic rings. The van der Waals surface area contributed by atoms with Crippen LogP contribution in [0.2, 0.25) is 5.15 Å². The fraction of sp³-hybridized carbons (Fsp3) is 0.625. The number of likely N-dealkylation sites (tertiary alicyclic amines) is 1. The van der Waals surface area contributed by atoms with E-state index < -0.39 is 0 Å². The second-order valence-electron chi connectivity index (χ2n) is 5.90. The van der Waals surface area contributed by atoms with Gasteiger partial charge in [0.25, 0.3) is 5.91 Å². The van der Waals surface area contributed by atoms with Gasteiger partial charge in [-0.2, -0.15) is 0 Å². The molecule has 4 nitrogen and oxygen atoms in total. The lowest BCUT2D eigenvalue weighted by molar-refractivity contribution is 0.0936. The van der Waals surface area contributed by atoms with E-state index >= 15 is 0 Å². The van der Waals surface area contributed by atoms with Crippen molar-refractivity contribution in [2.75, 3.05) is 26.7 Å². The molecule has 1 N–H and O–H groups in total. The molecule has 0 bridgehead atoms. The zero-order valence-electron chi connectivity index (χ0n) is 12.9. The van der Waals surface area contributed by atoms with Gasteiger partial charge in [0.1, 0.15) is 5.15 Å². The van der Waals surface area contributed by atoms with Crippen molar-refractivity contribution < 1.29 is 4.79 Å². The molecule has 1 fully saturated rings. The number of carbonyl (C=O) groups is 1. The van der Waals surface area contributed by atoms with E-state index in [2.05, 4.69) is 29.2 Å². The Hall–Kier alpha value is -1.13. The predicted octanol–water partition coefficient (Wildman–Crippen LogP) is 2.76. The fourth-order valence-corrected chi connectivity index (χ4v) is 3.07. The number of pyridine rings is 1. The van der Waals surface area contributed by atoms with E-state index in [1.807, 2.05) is 6.07 Å². The summed E-state index contributed by atoms with van der Waals surface area (Å²) in [5, 5.41) is 3.43. The Labute approximate surface area is 131 Å². The Kier molecular flexibility index (Phi) is 6.00. The molecule has 1 saturated heterocycles. The molecule has 116 valence electrons. The zero-order chi connectivity index (χ0) is 15.2. The minimum absolute atomic E-state index is 0.0510. The molecule has 0 aromatic carbocycles. The summed E-state index contributed by atoms with van der Waals surface area (Å²) in [7, 11) is 2.13. The van der Waals surface area contributed by atoms with Crippen molar-refractivity contribution in [3.05, 3.63) is 28.5 Å². The number of rotatable bonds is 5. The number of aromatic nitrogens is 1. The summed E-state index contributed by atoms with van der Waals surface area (Å²) >= 11 is 6.00. The lowest BCUT2D eigenvalue weighted by atomic mass is 9.98. The van der Waals surface area contributed by atoms with Crippen molar-refractivity contribution >= 4 is 17.5 Å². The summed E-state index contributed by atoms with van der Waals surface area (Å²) in [5.41, 5.74) is 1.50. The molecule has 1 atom stereocenters. The van der Waals surface area contributed by atoms with Crippen molar-refractivity contribution in [3.63, 3.8) is 0 Å². The first-order valence-electron chi connectivity index (χ1n) is 7.71. The number of nitrogens with one attached hydrogen (secondary N) is 1. The number of aryl methyl sites for hydroxylation is 1. The summed E-state index contributed by atoms with van der Waals surface area (Å²) in [6.07, 6.45) is 4.22. The maximum Gasteiger partial charge on any atom is 0.251 e. The summed E-state index contributed by atoms with van der Waals surface area (Å²) < 4.78 is 0. The Bertz CT molecular complexity index is 492. The molecule has 1 aromatic heterocycles. The number of carbonyl (C=O) groups excluding carboxylic acids is 1. The van der Waals surface area contributed by atoms with E-state index in [0.29, 0.717) is 16.6 Å². The van der Waals surface area contributed by atoms with Crippen LogP contribution in [0, 0.1) is 5.92 Å². The van der Waals surface area contributed by atoms with E-state index in [1.54, 1.807) is 6.07 Å². The molecular formula is C16H24ClN3O. The minimum Gasteiger partial charge on any atom is -0.352 e. The predicted molar refractivity (Wildman–Crippen MR) is 85.8 cm³/mol. The van der Waals surface area contributed by atoms with Gasteiger partial charge < -0.3 is 10.2 Å². The van der Waals surface area contributed by atoms with E-state index in [4.69, 9.17) is 11.6 Å². The van der Waals surface area contributed by atoms with Crippen LogP contribution in [0.15, 0.2) is 12.1 Å². The number of piperidine rings is 1. The van der Waals surface area contributed by atoms with Crippen LogP contribution in [-0.2, 0) is 6.42 Å². The Morgan fingerprint density at radius 2 is 2.33 bits per heavy atom. The van der Waals surface area contributed by atoms with E-state index in [1.165, 1.54) is 12.8 Å². The maximum atomic E-state index is 12.3. The largest absolute Gasteiger partial charge is 0.352 e. The first-order chi connectivity index (χ1) is 10.1. The third-order valence-corrected chi connectivity index (χ3v) is 4.08. The van der Waals surface area contributed by atoms with Gasteiger partial charge in [-0.3, -0.25) is 4.79 Å². The second kappa shape index (κ2) is 7.76. The van der Waals surface area contributed by atoms with Gasteiger partial charge in [0.2, 0.25) is 0 Å². The van der Waals surface area contributed by atoms with Crippen molar-refractivity contribution in [2.24, 2.45) is 5.92 Å². The molecule has 2 rings (SSSR count). The first-order valence-corrected chi connectivity index (χ1v) is 8.09. The van der Waals surface area contributed by atoms with Crippen molar-refractivity contribution in [1.29, 1.82) is 0 Å². The highest BCUT2D eigenvalue weighted by Crippen LogP contribution is 2.15. The van der Waals surface area contributed by atoms with Crippen LogP contribution in [0.5, 0.6) is 0 Å². The molecule has 1 aromatic rings. The number of halogens is 1. The normalized spacial score (nSPS) is 19.5. The Morgan fingerprint density at radius 1 is 1.52 bits per heavy atom. The Balaban J connectivity index is 1.93. The average Bonchev–Trinajstić information content (AvgIpc) is 2.44. The van der Waals surface area contributed by atoms with Gasteiger partial charge in [-0.15, -0.1) is 0 Å².